The van der Waals surface area contributed by atoms with Crippen LogP contribution in [0.15, 0.2) is 36.0 Å². The van der Waals surface area contributed by atoms with Gasteiger partial charge in [-0.15, -0.1) is 11.3 Å². The monoisotopic (exact) mass is 601 g/mol. The van der Waals surface area contributed by atoms with E-state index in [1.807, 2.05) is 20.8 Å². The maximum absolute atomic E-state index is 13.3. The Morgan fingerprint density at radius 1 is 1.20 bits per heavy atom. The summed E-state index contributed by atoms with van der Waals surface area (Å²) in [6, 6.07) is 4.95. The largest absolute Gasteiger partial charge is 0.460 e. The van der Waals surface area contributed by atoms with Crippen LogP contribution in [0.1, 0.15) is 62.5 Å². The SMILES string of the molecule is Cc1c(OS(C)(=O)=O)ccc(NC(=O)c2csc(-c3ccnnc3)n2)c1N1CCC[C@@H](CCC(=O)OC(C)(C)C)C1. The third kappa shape index (κ3) is 8.46. The molecule has 0 bridgehead atoms. The van der Waals surface area contributed by atoms with Gasteiger partial charge < -0.3 is 19.1 Å². The number of anilines is 2. The Balaban J connectivity index is 1.57. The van der Waals surface area contributed by atoms with Crippen LogP contribution in [0.4, 0.5) is 11.4 Å². The molecular formula is C28H35N5O6S2. The number of hydrogen-bond donors (Lipinski definition) is 1. The van der Waals surface area contributed by atoms with Gasteiger partial charge in [0.2, 0.25) is 0 Å². The van der Waals surface area contributed by atoms with E-state index in [1.54, 1.807) is 36.8 Å². The van der Waals surface area contributed by atoms with Gasteiger partial charge in [-0.1, -0.05) is 0 Å². The molecule has 1 aliphatic heterocycles. The number of esters is 1. The molecule has 0 spiro atoms. The minimum absolute atomic E-state index is 0.192. The van der Waals surface area contributed by atoms with Gasteiger partial charge in [0, 0.05) is 36.0 Å². The predicted molar refractivity (Wildman–Crippen MR) is 158 cm³/mol. The number of hydrogen-bond acceptors (Lipinski definition) is 11. The lowest BCUT2D eigenvalue weighted by molar-refractivity contribution is -0.155. The molecule has 220 valence electrons. The molecule has 1 N–H and O–H groups in total. The molecule has 1 amide bonds. The first-order chi connectivity index (χ1) is 19.3. The van der Waals surface area contributed by atoms with Crippen molar-refractivity contribution in [3.8, 4) is 16.3 Å². The van der Waals surface area contributed by atoms with Crippen molar-refractivity contribution in [2.75, 3.05) is 29.6 Å². The standard InChI is InChI=1S/C28H35N5O6S2/c1-18-23(39-41(5,36)37)10-9-21(31-26(35)22-17-40-27(32-22)20-12-13-29-30-15-20)25(18)33-14-6-7-19(16-33)8-11-24(34)38-28(2,3)4/h9-10,12-13,15,17,19H,6-8,11,14,16H2,1-5H3,(H,31,35)/t19-/m0/s1. The fourth-order valence-electron chi connectivity index (χ4n) is 4.78. The summed E-state index contributed by atoms with van der Waals surface area (Å²) >= 11 is 1.32. The van der Waals surface area contributed by atoms with Crippen LogP contribution in [0.25, 0.3) is 10.6 Å². The molecule has 3 heterocycles. The normalized spacial score (nSPS) is 15.8. The first-order valence-corrected chi connectivity index (χ1v) is 16.0. The van der Waals surface area contributed by atoms with Crippen LogP contribution in [-0.2, 0) is 19.6 Å². The molecule has 0 aliphatic carbocycles. The number of aromatic nitrogens is 3. The number of carbonyl (C=O) groups excluding carboxylic acids is 2. The van der Waals surface area contributed by atoms with Gasteiger partial charge in [0.05, 0.1) is 30.0 Å². The summed E-state index contributed by atoms with van der Waals surface area (Å²) < 4.78 is 34.6. The maximum Gasteiger partial charge on any atom is 0.306 e. The van der Waals surface area contributed by atoms with Crippen LogP contribution in [0.5, 0.6) is 5.75 Å². The molecule has 13 heteroatoms. The molecular weight excluding hydrogens is 566 g/mol. The van der Waals surface area contributed by atoms with Gasteiger partial charge in [0.25, 0.3) is 5.91 Å². The number of thiazole rings is 1. The molecule has 41 heavy (non-hydrogen) atoms. The van der Waals surface area contributed by atoms with Crippen LogP contribution in [0.3, 0.4) is 0 Å². The molecule has 0 saturated carbocycles. The topological polar surface area (TPSA) is 141 Å². The van der Waals surface area contributed by atoms with Crippen molar-refractivity contribution in [1.29, 1.82) is 0 Å². The summed E-state index contributed by atoms with van der Waals surface area (Å²) in [5, 5.41) is 12.9. The third-order valence-electron chi connectivity index (χ3n) is 6.45. The Hall–Kier alpha value is -3.58. The Bertz CT molecular complexity index is 1500. The molecule has 1 aromatic carbocycles. The van der Waals surface area contributed by atoms with E-state index in [4.69, 9.17) is 8.92 Å². The lowest BCUT2D eigenvalue weighted by atomic mass is 9.92. The zero-order chi connectivity index (χ0) is 29.8. The van der Waals surface area contributed by atoms with Crippen molar-refractivity contribution >= 4 is 44.7 Å². The van der Waals surface area contributed by atoms with Crippen LogP contribution in [0.2, 0.25) is 0 Å². The number of piperidine rings is 1. The van der Waals surface area contributed by atoms with E-state index in [9.17, 15) is 18.0 Å². The molecule has 0 unspecified atom stereocenters. The zero-order valence-electron chi connectivity index (χ0n) is 23.8. The second-order valence-corrected chi connectivity index (χ2v) is 13.5. The summed E-state index contributed by atoms with van der Waals surface area (Å²) in [5.74, 6) is -0.218. The summed E-state index contributed by atoms with van der Waals surface area (Å²) in [4.78, 5) is 32.2. The molecule has 1 atom stereocenters. The first-order valence-electron chi connectivity index (χ1n) is 13.3. The number of amides is 1. The molecule has 1 aliphatic rings. The van der Waals surface area contributed by atoms with E-state index in [1.165, 1.54) is 17.4 Å². The summed E-state index contributed by atoms with van der Waals surface area (Å²) in [7, 11) is -3.77. The number of nitrogens with one attached hydrogen (secondary N) is 1. The highest BCUT2D eigenvalue weighted by molar-refractivity contribution is 7.86. The molecule has 0 radical (unpaired) electrons. The number of nitrogens with zero attached hydrogens (tertiary/aromatic N) is 4. The Labute approximate surface area is 244 Å². The summed E-state index contributed by atoms with van der Waals surface area (Å²) in [6.07, 6.45) is 6.94. The van der Waals surface area contributed by atoms with Crippen molar-refractivity contribution in [1.82, 2.24) is 15.2 Å². The van der Waals surface area contributed by atoms with Gasteiger partial charge in [-0.3, -0.25) is 9.59 Å². The second kappa shape index (κ2) is 12.5. The van der Waals surface area contributed by atoms with Crippen LogP contribution in [-0.4, -0.2) is 60.4 Å². The highest BCUT2D eigenvalue weighted by Gasteiger charge is 2.27. The zero-order valence-corrected chi connectivity index (χ0v) is 25.5. The van der Waals surface area contributed by atoms with Gasteiger partial charge in [-0.25, -0.2) is 4.98 Å². The molecule has 11 nitrogen and oxygen atoms in total. The van der Waals surface area contributed by atoms with Crippen molar-refractivity contribution in [3.05, 3.63) is 47.2 Å². The van der Waals surface area contributed by atoms with E-state index in [0.29, 0.717) is 47.9 Å². The highest BCUT2D eigenvalue weighted by atomic mass is 32.2. The van der Waals surface area contributed by atoms with Crippen LogP contribution >= 0.6 is 11.3 Å². The predicted octanol–water partition coefficient (Wildman–Crippen LogP) is 4.84. The van der Waals surface area contributed by atoms with E-state index in [2.05, 4.69) is 25.4 Å². The average molecular weight is 602 g/mol. The molecule has 1 fully saturated rings. The fourth-order valence-corrected chi connectivity index (χ4v) is 6.07. The first kappa shape index (κ1) is 30.4. The molecule has 2 aromatic heterocycles. The van der Waals surface area contributed by atoms with Crippen molar-refractivity contribution in [3.63, 3.8) is 0 Å². The lowest BCUT2D eigenvalue weighted by Crippen LogP contribution is -2.37. The minimum atomic E-state index is -3.77. The van der Waals surface area contributed by atoms with Crippen LogP contribution in [0, 0.1) is 12.8 Å². The number of ether oxygens (including phenoxy) is 1. The van der Waals surface area contributed by atoms with Gasteiger partial charge >= 0.3 is 16.1 Å². The van der Waals surface area contributed by atoms with Crippen molar-refractivity contribution < 1.29 is 26.9 Å². The van der Waals surface area contributed by atoms with Gasteiger partial charge in [-0.05, 0) is 71.1 Å². The van der Waals surface area contributed by atoms with E-state index in [0.717, 1.165) is 24.7 Å². The Morgan fingerprint density at radius 3 is 2.66 bits per heavy atom. The maximum atomic E-state index is 13.3. The van der Waals surface area contributed by atoms with E-state index < -0.39 is 21.6 Å². The average Bonchev–Trinajstić information content (AvgIpc) is 3.39. The number of rotatable bonds is 9. The summed E-state index contributed by atoms with van der Waals surface area (Å²) in [5.41, 5.74) is 2.25. The van der Waals surface area contributed by atoms with Crippen LogP contribution < -0.4 is 14.4 Å². The summed E-state index contributed by atoms with van der Waals surface area (Å²) in [6.45, 7) is 8.64. The van der Waals surface area contributed by atoms with Gasteiger partial charge in [0.15, 0.2) is 0 Å². The Kier molecular flexibility index (Phi) is 9.27. The third-order valence-corrected chi connectivity index (χ3v) is 7.82. The van der Waals surface area contributed by atoms with E-state index >= 15 is 0 Å². The van der Waals surface area contributed by atoms with Crippen molar-refractivity contribution in [2.24, 2.45) is 5.92 Å². The quantitative estimate of drug-likeness (QED) is 0.268. The second-order valence-electron chi connectivity index (χ2n) is 11.1. The lowest BCUT2D eigenvalue weighted by Gasteiger charge is -2.36. The Morgan fingerprint density at radius 2 is 1.98 bits per heavy atom. The number of benzene rings is 1. The minimum Gasteiger partial charge on any atom is -0.460 e. The fraction of sp³-hybridized carbons (Fsp3) is 0.464. The smallest absolute Gasteiger partial charge is 0.306 e. The highest BCUT2D eigenvalue weighted by Crippen LogP contribution is 2.39. The molecule has 1 saturated heterocycles. The van der Waals surface area contributed by atoms with E-state index in [-0.39, 0.29) is 23.3 Å². The molecule has 3 aromatic rings. The van der Waals surface area contributed by atoms with Crippen molar-refractivity contribution in [2.45, 2.75) is 59.0 Å². The number of carbonyl (C=O) groups is 2. The molecule has 4 rings (SSSR count). The van der Waals surface area contributed by atoms with Gasteiger partial charge in [-0.2, -0.15) is 18.6 Å². The van der Waals surface area contributed by atoms with Gasteiger partial charge in [0.1, 0.15) is 22.1 Å².